The number of amides is 1. The maximum atomic E-state index is 13.4. The summed E-state index contributed by atoms with van der Waals surface area (Å²) in [5.74, 6) is 2.44. The minimum absolute atomic E-state index is 0.230. The van der Waals surface area contributed by atoms with Crippen molar-refractivity contribution in [2.24, 2.45) is 0 Å². The molecule has 1 atom stereocenters. The van der Waals surface area contributed by atoms with Gasteiger partial charge in [-0.2, -0.15) is 4.98 Å². The van der Waals surface area contributed by atoms with E-state index in [1.807, 2.05) is 30.4 Å². The van der Waals surface area contributed by atoms with Crippen molar-refractivity contribution in [1.29, 1.82) is 0 Å². The van der Waals surface area contributed by atoms with E-state index in [2.05, 4.69) is 49.9 Å². The maximum Gasteiger partial charge on any atom is 0.248 e. The Hall–Kier alpha value is -2.94. The molecule has 2 saturated heterocycles. The molecule has 2 aromatic rings. The van der Waals surface area contributed by atoms with Crippen molar-refractivity contribution in [3.63, 3.8) is 0 Å². The molecule has 1 spiro atoms. The molecule has 9 nitrogen and oxygen atoms in total. The zero-order chi connectivity index (χ0) is 24.9. The van der Waals surface area contributed by atoms with Gasteiger partial charge in [0.25, 0.3) is 0 Å². The Kier molecular flexibility index (Phi) is 5.98. The first-order valence-corrected chi connectivity index (χ1v) is 13.6. The number of carbonyl (C=O) groups is 1. The Morgan fingerprint density at radius 3 is 2.44 bits per heavy atom. The van der Waals surface area contributed by atoms with Gasteiger partial charge in [-0.25, -0.2) is 9.97 Å². The number of likely N-dealkylation sites (N-methyl/N-ethyl adjacent to an activating group) is 1. The Balaban J connectivity index is 1.20. The van der Waals surface area contributed by atoms with E-state index in [-0.39, 0.29) is 5.91 Å². The van der Waals surface area contributed by atoms with Crippen LogP contribution in [0.1, 0.15) is 51.5 Å². The van der Waals surface area contributed by atoms with Crippen LogP contribution in [-0.2, 0) is 11.2 Å². The molecule has 4 aliphatic rings. The zero-order valence-corrected chi connectivity index (χ0v) is 21.8. The zero-order valence-electron chi connectivity index (χ0n) is 21.8. The van der Waals surface area contributed by atoms with Crippen LogP contribution >= 0.6 is 0 Å². The molecule has 2 aromatic heterocycles. The third-order valence-electron chi connectivity index (χ3n) is 8.71. The van der Waals surface area contributed by atoms with Gasteiger partial charge in [0.15, 0.2) is 0 Å². The van der Waals surface area contributed by atoms with Gasteiger partial charge in [-0.05, 0) is 45.2 Å². The number of pyridine rings is 1. The van der Waals surface area contributed by atoms with Crippen LogP contribution in [0.3, 0.4) is 0 Å². The number of piperazine rings is 1. The lowest BCUT2D eigenvalue weighted by Crippen LogP contribution is -2.56. The SMILES string of the molecule is CC(C)N1CCN(c2ccc(Nc3ncc4c(n3)N(C3CCCC3)C3(CCN(C)C3=O)C4)nc2)CC1. The highest BCUT2D eigenvalue weighted by Gasteiger charge is 2.57. The molecule has 0 aromatic carbocycles. The smallest absolute Gasteiger partial charge is 0.248 e. The summed E-state index contributed by atoms with van der Waals surface area (Å²) in [7, 11) is 1.92. The maximum absolute atomic E-state index is 13.4. The van der Waals surface area contributed by atoms with Crippen molar-refractivity contribution in [2.75, 3.05) is 54.9 Å². The first kappa shape index (κ1) is 23.5. The van der Waals surface area contributed by atoms with Crippen molar-refractivity contribution < 1.29 is 4.79 Å². The number of likely N-dealkylation sites (tertiary alicyclic amines) is 1. The first-order chi connectivity index (χ1) is 17.4. The second-order valence-electron chi connectivity index (χ2n) is 11.2. The molecule has 1 amide bonds. The Morgan fingerprint density at radius 1 is 1.03 bits per heavy atom. The molecule has 192 valence electrons. The quantitative estimate of drug-likeness (QED) is 0.685. The molecule has 1 unspecified atom stereocenters. The number of hydrogen-bond acceptors (Lipinski definition) is 8. The standard InChI is InChI=1S/C27H38N8O/c1-19(2)33-12-14-34(15-13-33)22-8-9-23(28-18-22)30-26-29-17-20-16-27(10-11-32(3)25(27)36)35(24(20)31-26)21-6-4-5-7-21/h8-9,17-19,21H,4-7,10-16H2,1-3H3,(H,28,29,30,31). The van der Waals surface area contributed by atoms with Gasteiger partial charge < -0.3 is 20.0 Å². The van der Waals surface area contributed by atoms with Crippen LogP contribution in [0.2, 0.25) is 0 Å². The average molecular weight is 491 g/mol. The molecule has 6 rings (SSSR count). The third-order valence-corrected chi connectivity index (χ3v) is 8.71. The number of nitrogens with zero attached hydrogens (tertiary/aromatic N) is 7. The van der Waals surface area contributed by atoms with Crippen LogP contribution < -0.4 is 15.1 Å². The monoisotopic (exact) mass is 490 g/mol. The topological polar surface area (TPSA) is 80.7 Å². The minimum atomic E-state index is -0.487. The van der Waals surface area contributed by atoms with E-state index in [0.29, 0.717) is 24.5 Å². The highest BCUT2D eigenvalue weighted by molar-refractivity contribution is 5.94. The van der Waals surface area contributed by atoms with E-state index in [1.54, 1.807) is 0 Å². The van der Waals surface area contributed by atoms with Gasteiger partial charge >= 0.3 is 0 Å². The number of hydrogen-bond donors (Lipinski definition) is 1. The molecule has 0 radical (unpaired) electrons. The van der Waals surface area contributed by atoms with Gasteiger partial charge in [0.1, 0.15) is 17.2 Å². The molecular formula is C27H38N8O. The fourth-order valence-corrected chi connectivity index (χ4v) is 6.64. The normalized spacial score (nSPS) is 25.0. The summed E-state index contributed by atoms with van der Waals surface area (Å²) in [5, 5.41) is 3.31. The summed E-state index contributed by atoms with van der Waals surface area (Å²) in [4.78, 5) is 36.8. The fraction of sp³-hybridized carbons (Fsp3) is 0.630. The number of rotatable bonds is 5. The summed E-state index contributed by atoms with van der Waals surface area (Å²) in [6, 6.07) is 5.10. The second-order valence-corrected chi connectivity index (χ2v) is 11.2. The van der Waals surface area contributed by atoms with Crippen molar-refractivity contribution in [3.05, 3.63) is 30.1 Å². The summed E-state index contributed by atoms with van der Waals surface area (Å²) >= 11 is 0. The van der Waals surface area contributed by atoms with E-state index in [0.717, 1.165) is 74.9 Å². The van der Waals surface area contributed by atoms with Gasteiger partial charge in [0.05, 0.1) is 11.9 Å². The average Bonchev–Trinajstić information content (AvgIpc) is 3.59. The highest BCUT2D eigenvalue weighted by Crippen LogP contribution is 2.47. The van der Waals surface area contributed by atoms with Gasteiger partial charge in [-0.1, -0.05) is 12.8 Å². The minimum Gasteiger partial charge on any atom is -0.368 e. The fourth-order valence-electron chi connectivity index (χ4n) is 6.64. The highest BCUT2D eigenvalue weighted by atomic mass is 16.2. The molecule has 9 heteroatoms. The molecule has 3 aliphatic heterocycles. The molecule has 3 fully saturated rings. The molecule has 0 bridgehead atoms. The number of aromatic nitrogens is 3. The lowest BCUT2D eigenvalue weighted by Gasteiger charge is -2.39. The van der Waals surface area contributed by atoms with E-state index >= 15 is 0 Å². The predicted octanol–water partition coefficient (Wildman–Crippen LogP) is 3.05. The summed E-state index contributed by atoms with van der Waals surface area (Å²) < 4.78 is 0. The summed E-state index contributed by atoms with van der Waals surface area (Å²) in [5.41, 5.74) is 1.75. The van der Waals surface area contributed by atoms with Crippen molar-refractivity contribution in [2.45, 2.75) is 70.0 Å². The lowest BCUT2D eigenvalue weighted by atomic mass is 9.91. The van der Waals surface area contributed by atoms with Gasteiger partial charge in [-0.15, -0.1) is 0 Å². The van der Waals surface area contributed by atoms with Crippen molar-refractivity contribution in [1.82, 2.24) is 24.8 Å². The van der Waals surface area contributed by atoms with E-state index in [1.165, 1.54) is 12.8 Å². The second kappa shape index (κ2) is 9.18. The Labute approximate surface area is 213 Å². The van der Waals surface area contributed by atoms with E-state index in [4.69, 9.17) is 4.98 Å². The molecule has 5 heterocycles. The number of fused-ring (bicyclic) bond motifs is 1. The summed E-state index contributed by atoms with van der Waals surface area (Å²) in [6.45, 7) is 9.53. The molecule has 1 aliphatic carbocycles. The number of nitrogens with one attached hydrogen (secondary N) is 1. The third kappa shape index (κ3) is 3.97. The van der Waals surface area contributed by atoms with Crippen LogP contribution in [-0.4, -0.2) is 88.1 Å². The number of carbonyl (C=O) groups excluding carboxylic acids is 1. The van der Waals surface area contributed by atoms with Crippen LogP contribution in [0.4, 0.5) is 23.3 Å². The van der Waals surface area contributed by atoms with E-state index < -0.39 is 5.54 Å². The number of anilines is 4. The van der Waals surface area contributed by atoms with Crippen molar-refractivity contribution >= 4 is 29.2 Å². The van der Waals surface area contributed by atoms with Gasteiger partial charge in [0, 0.05) is 70.0 Å². The van der Waals surface area contributed by atoms with Crippen molar-refractivity contribution in [3.8, 4) is 0 Å². The van der Waals surface area contributed by atoms with Crippen LogP contribution in [0, 0.1) is 0 Å². The predicted molar refractivity (Wildman–Crippen MR) is 142 cm³/mol. The van der Waals surface area contributed by atoms with Crippen LogP contribution in [0.15, 0.2) is 24.5 Å². The van der Waals surface area contributed by atoms with Crippen LogP contribution in [0.25, 0.3) is 0 Å². The molecule has 1 saturated carbocycles. The van der Waals surface area contributed by atoms with Crippen LogP contribution in [0.5, 0.6) is 0 Å². The van der Waals surface area contributed by atoms with E-state index in [9.17, 15) is 4.79 Å². The first-order valence-electron chi connectivity index (χ1n) is 13.6. The Morgan fingerprint density at radius 2 is 1.81 bits per heavy atom. The molecule has 1 N–H and O–H groups in total. The van der Waals surface area contributed by atoms with Gasteiger partial charge in [0.2, 0.25) is 11.9 Å². The van der Waals surface area contributed by atoms with Gasteiger partial charge in [-0.3, -0.25) is 9.69 Å². The largest absolute Gasteiger partial charge is 0.368 e. The molecular weight excluding hydrogens is 452 g/mol. The Bertz CT molecular complexity index is 1110. The molecule has 36 heavy (non-hydrogen) atoms. The summed E-state index contributed by atoms with van der Waals surface area (Å²) in [6.07, 6.45) is 10.1. The lowest BCUT2D eigenvalue weighted by molar-refractivity contribution is -0.131.